The van der Waals surface area contributed by atoms with Crippen molar-refractivity contribution in [3.8, 4) is 0 Å². The maximum Gasteiger partial charge on any atom is 0.251 e. The van der Waals surface area contributed by atoms with Gasteiger partial charge in [0.2, 0.25) is 10.0 Å². The molecule has 2 aromatic rings. The molecule has 0 saturated carbocycles. The zero-order chi connectivity index (χ0) is 21.7. The van der Waals surface area contributed by atoms with Crippen LogP contribution in [0.15, 0.2) is 47.4 Å². The highest BCUT2D eigenvalue weighted by Crippen LogP contribution is 2.25. The van der Waals surface area contributed by atoms with Gasteiger partial charge in [0, 0.05) is 18.7 Å². The zero-order valence-corrected chi connectivity index (χ0v) is 18.8. The quantitative estimate of drug-likeness (QED) is 0.676. The molecule has 1 fully saturated rings. The van der Waals surface area contributed by atoms with E-state index in [1.54, 1.807) is 13.0 Å². The molecule has 1 aliphatic heterocycles. The minimum atomic E-state index is -3.61. The standard InChI is InChI=1S/C23H31N3O3S/c1-4-25-30(28,29)20-12-9-18(3)21(15-20)23(27)24-16-22(26-13-5-6-14-26)19-10-7-17(2)8-11-19/h7-12,15,22,25H,4-6,13-14,16H2,1-3H3,(H,24,27)/t22-/m0/s1. The van der Waals surface area contributed by atoms with Gasteiger partial charge in [0.25, 0.3) is 5.91 Å². The van der Waals surface area contributed by atoms with Crippen LogP contribution in [-0.2, 0) is 10.0 Å². The zero-order valence-electron chi connectivity index (χ0n) is 17.9. The Morgan fingerprint density at radius 3 is 2.37 bits per heavy atom. The molecule has 162 valence electrons. The average molecular weight is 430 g/mol. The molecule has 1 amide bonds. The summed E-state index contributed by atoms with van der Waals surface area (Å²) in [6, 6.07) is 13.2. The fraction of sp³-hybridized carbons (Fsp3) is 0.435. The van der Waals surface area contributed by atoms with Crippen molar-refractivity contribution in [2.45, 2.75) is 44.6 Å². The minimum Gasteiger partial charge on any atom is -0.350 e. The topological polar surface area (TPSA) is 78.5 Å². The molecule has 1 aliphatic rings. The normalized spacial score (nSPS) is 15.8. The highest BCUT2D eigenvalue weighted by Gasteiger charge is 2.25. The summed E-state index contributed by atoms with van der Waals surface area (Å²) < 4.78 is 27.1. The summed E-state index contributed by atoms with van der Waals surface area (Å²) in [5, 5.41) is 3.04. The molecule has 6 nitrogen and oxygen atoms in total. The molecule has 0 bridgehead atoms. The highest BCUT2D eigenvalue weighted by atomic mass is 32.2. The Morgan fingerprint density at radius 2 is 1.73 bits per heavy atom. The van der Waals surface area contributed by atoms with E-state index >= 15 is 0 Å². The van der Waals surface area contributed by atoms with Crippen LogP contribution in [0.3, 0.4) is 0 Å². The summed E-state index contributed by atoms with van der Waals surface area (Å²) in [5.74, 6) is -0.252. The van der Waals surface area contributed by atoms with E-state index < -0.39 is 10.0 Å². The van der Waals surface area contributed by atoms with Crippen LogP contribution < -0.4 is 10.0 Å². The van der Waals surface area contributed by atoms with Gasteiger partial charge in [0.15, 0.2) is 0 Å². The Morgan fingerprint density at radius 1 is 1.07 bits per heavy atom. The lowest BCUT2D eigenvalue weighted by Gasteiger charge is -2.28. The third-order valence-corrected chi connectivity index (χ3v) is 7.14. The van der Waals surface area contributed by atoms with E-state index in [1.165, 1.54) is 36.1 Å². The molecule has 0 spiro atoms. The molecule has 3 rings (SSSR count). The molecular formula is C23H31N3O3S. The third-order valence-electron chi connectivity index (χ3n) is 5.60. The van der Waals surface area contributed by atoms with E-state index in [4.69, 9.17) is 0 Å². The Kier molecular flexibility index (Phi) is 7.28. The van der Waals surface area contributed by atoms with Gasteiger partial charge in [-0.15, -0.1) is 0 Å². The number of likely N-dealkylation sites (tertiary alicyclic amines) is 1. The maximum absolute atomic E-state index is 13.0. The van der Waals surface area contributed by atoms with Crippen LogP contribution in [0.2, 0.25) is 0 Å². The highest BCUT2D eigenvalue weighted by molar-refractivity contribution is 7.89. The molecular weight excluding hydrogens is 398 g/mol. The molecule has 0 radical (unpaired) electrons. The number of amides is 1. The van der Waals surface area contributed by atoms with Crippen LogP contribution in [0.1, 0.15) is 52.9 Å². The van der Waals surface area contributed by atoms with E-state index in [0.29, 0.717) is 18.7 Å². The average Bonchev–Trinajstić information content (AvgIpc) is 3.24. The smallest absolute Gasteiger partial charge is 0.251 e. The van der Waals surface area contributed by atoms with Crippen molar-refractivity contribution >= 4 is 15.9 Å². The van der Waals surface area contributed by atoms with Crippen molar-refractivity contribution < 1.29 is 13.2 Å². The van der Waals surface area contributed by atoms with Crippen LogP contribution in [0.5, 0.6) is 0 Å². The predicted molar refractivity (Wildman–Crippen MR) is 119 cm³/mol. The van der Waals surface area contributed by atoms with Gasteiger partial charge in [0.05, 0.1) is 10.9 Å². The van der Waals surface area contributed by atoms with Crippen LogP contribution in [0.4, 0.5) is 0 Å². The number of rotatable bonds is 8. The molecule has 0 aromatic heterocycles. The fourth-order valence-electron chi connectivity index (χ4n) is 3.87. The van der Waals surface area contributed by atoms with Crippen LogP contribution in [-0.4, -0.2) is 45.4 Å². The Balaban J connectivity index is 1.79. The van der Waals surface area contributed by atoms with Gasteiger partial charge in [-0.1, -0.05) is 42.8 Å². The van der Waals surface area contributed by atoms with Crippen molar-refractivity contribution in [2.75, 3.05) is 26.2 Å². The molecule has 30 heavy (non-hydrogen) atoms. The van der Waals surface area contributed by atoms with Crippen molar-refractivity contribution in [2.24, 2.45) is 0 Å². The van der Waals surface area contributed by atoms with E-state index in [-0.39, 0.29) is 16.8 Å². The van der Waals surface area contributed by atoms with Gasteiger partial charge in [-0.25, -0.2) is 13.1 Å². The van der Waals surface area contributed by atoms with Crippen molar-refractivity contribution in [3.63, 3.8) is 0 Å². The van der Waals surface area contributed by atoms with Gasteiger partial charge < -0.3 is 5.32 Å². The number of nitrogens with zero attached hydrogens (tertiary/aromatic N) is 1. The predicted octanol–water partition coefficient (Wildman–Crippen LogP) is 3.17. The molecule has 1 heterocycles. The molecule has 2 N–H and O–H groups in total. The van der Waals surface area contributed by atoms with Crippen molar-refractivity contribution in [1.82, 2.24) is 14.9 Å². The molecule has 1 atom stereocenters. The van der Waals surface area contributed by atoms with E-state index in [2.05, 4.69) is 46.1 Å². The van der Waals surface area contributed by atoms with Crippen LogP contribution >= 0.6 is 0 Å². The molecule has 1 saturated heterocycles. The largest absolute Gasteiger partial charge is 0.350 e. The summed E-state index contributed by atoms with van der Waals surface area (Å²) in [5.41, 5.74) is 3.52. The Labute approximate surface area is 179 Å². The van der Waals surface area contributed by atoms with Gasteiger partial charge in [-0.05, 0) is 63.0 Å². The number of carbonyl (C=O) groups excluding carboxylic acids is 1. The summed E-state index contributed by atoms with van der Waals surface area (Å²) in [4.78, 5) is 15.5. The molecule has 0 aliphatic carbocycles. The number of hydrogen-bond acceptors (Lipinski definition) is 4. The van der Waals surface area contributed by atoms with Crippen molar-refractivity contribution in [1.29, 1.82) is 0 Å². The van der Waals surface area contributed by atoms with Crippen LogP contribution in [0.25, 0.3) is 0 Å². The summed E-state index contributed by atoms with van der Waals surface area (Å²) in [6.45, 7) is 8.41. The molecule has 2 aromatic carbocycles. The Hall–Kier alpha value is -2.22. The summed E-state index contributed by atoms with van der Waals surface area (Å²) >= 11 is 0. The first kappa shape index (κ1) is 22.5. The molecule has 7 heteroatoms. The Bertz CT molecular complexity index is 981. The van der Waals surface area contributed by atoms with Gasteiger partial charge in [-0.3, -0.25) is 9.69 Å². The maximum atomic E-state index is 13.0. The first-order valence-electron chi connectivity index (χ1n) is 10.5. The fourth-order valence-corrected chi connectivity index (χ4v) is 4.94. The van der Waals surface area contributed by atoms with E-state index in [9.17, 15) is 13.2 Å². The second kappa shape index (κ2) is 9.73. The van der Waals surface area contributed by atoms with Crippen LogP contribution in [0, 0.1) is 13.8 Å². The SMILES string of the molecule is CCNS(=O)(=O)c1ccc(C)c(C(=O)NC[C@@H](c2ccc(C)cc2)N2CCCC2)c1. The lowest BCUT2D eigenvalue weighted by Crippen LogP contribution is -2.37. The monoisotopic (exact) mass is 429 g/mol. The number of aryl methyl sites for hydroxylation is 2. The van der Waals surface area contributed by atoms with E-state index in [1.807, 2.05) is 6.92 Å². The number of carbonyl (C=O) groups is 1. The van der Waals surface area contributed by atoms with Gasteiger partial charge >= 0.3 is 0 Å². The molecule has 0 unspecified atom stereocenters. The lowest BCUT2D eigenvalue weighted by atomic mass is 10.0. The number of nitrogens with one attached hydrogen (secondary N) is 2. The van der Waals surface area contributed by atoms with Gasteiger partial charge in [-0.2, -0.15) is 0 Å². The minimum absolute atomic E-state index is 0.103. The van der Waals surface area contributed by atoms with Crippen molar-refractivity contribution in [3.05, 3.63) is 64.7 Å². The third kappa shape index (κ3) is 5.28. The number of hydrogen-bond donors (Lipinski definition) is 2. The van der Waals surface area contributed by atoms with Gasteiger partial charge in [0.1, 0.15) is 0 Å². The summed E-state index contributed by atoms with van der Waals surface area (Å²) in [6.07, 6.45) is 2.33. The number of benzene rings is 2. The lowest BCUT2D eigenvalue weighted by molar-refractivity contribution is 0.0937. The second-order valence-electron chi connectivity index (χ2n) is 7.86. The first-order valence-corrected chi connectivity index (χ1v) is 12.0. The number of sulfonamides is 1. The first-order chi connectivity index (χ1) is 14.3. The van der Waals surface area contributed by atoms with E-state index in [0.717, 1.165) is 18.7 Å². The summed E-state index contributed by atoms with van der Waals surface area (Å²) in [7, 11) is -3.61. The second-order valence-corrected chi connectivity index (χ2v) is 9.62.